The van der Waals surface area contributed by atoms with Crippen LogP contribution in [0.4, 0.5) is 0 Å². The van der Waals surface area contributed by atoms with Crippen molar-refractivity contribution in [2.24, 2.45) is 0 Å². The molecule has 1 aromatic heterocycles. The van der Waals surface area contributed by atoms with Crippen molar-refractivity contribution >= 4 is 16.9 Å². The van der Waals surface area contributed by atoms with Crippen LogP contribution < -0.4 is 0 Å². The first-order valence-corrected chi connectivity index (χ1v) is 5.11. The smallest absolute Gasteiger partial charge is 0.338 e. The van der Waals surface area contributed by atoms with Gasteiger partial charge in [0.2, 0.25) is 0 Å². The van der Waals surface area contributed by atoms with Crippen LogP contribution in [0.1, 0.15) is 34.8 Å². The van der Waals surface area contributed by atoms with Gasteiger partial charge in [0.15, 0.2) is 0 Å². The van der Waals surface area contributed by atoms with E-state index in [-0.39, 0.29) is 0 Å². The van der Waals surface area contributed by atoms with Crippen molar-refractivity contribution in [1.82, 2.24) is 4.98 Å². The van der Waals surface area contributed by atoms with E-state index in [0.29, 0.717) is 11.5 Å². The summed E-state index contributed by atoms with van der Waals surface area (Å²) in [6.07, 6.45) is 2.21. The number of rotatable bonds is 2. The van der Waals surface area contributed by atoms with E-state index in [1.807, 2.05) is 24.3 Å². The maximum absolute atomic E-state index is 11.2. The SMILES string of the molecule is O=C(O)c1c(C2CC2)[nH]c2ccccc12. The summed E-state index contributed by atoms with van der Waals surface area (Å²) in [6.45, 7) is 0. The van der Waals surface area contributed by atoms with Gasteiger partial charge in [-0.3, -0.25) is 0 Å². The quantitative estimate of drug-likeness (QED) is 0.784. The lowest BCUT2D eigenvalue weighted by Crippen LogP contribution is -1.99. The van der Waals surface area contributed by atoms with Gasteiger partial charge in [0.05, 0.1) is 5.56 Å². The highest BCUT2D eigenvalue weighted by Gasteiger charge is 2.31. The summed E-state index contributed by atoms with van der Waals surface area (Å²) in [6, 6.07) is 7.58. The third kappa shape index (κ3) is 1.23. The van der Waals surface area contributed by atoms with Gasteiger partial charge in [0.25, 0.3) is 0 Å². The average Bonchev–Trinajstić information content (AvgIpc) is 2.98. The summed E-state index contributed by atoms with van der Waals surface area (Å²) in [4.78, 5) is 14.4. The fourth-order valence-corrected chi connectivity index (χ4v) is 2.07. The Labute approximate surface area is 86.7 Å². The van der Waals surface area contributed by atoms with Crippen LogP contribution in [-0.4, -0.2) is 16.1 Å². The summed E-state index contributed by atoms with van der Waals surface area (Å²) >= 11 is 0. The van der Waals surface area contributed by atoms with Crippen molar-refractivity contribution in [3.63, 3.8) is 0 Å². The number of fused-ring (bicyclic) bond motifs is 1. The third-order valence-corrected chi connectivity index (χ3v) is 2.93. The van der Waals surface area contributed by atoms with Gasteiger partial charge in [-0.25, -0.2) is 4.79 Å². The van der Waals surface area contributed by atoms with E-state index in [1.165, 1.54) is 0 Å². The number of para-hydroxylation sites is 1. The second-order valence-corrected chi connectivity index (χ2v) is 4.04. The predicted molar refractivity (Wildman–Crippen MR) is 57.2 cm³/mol. The number of aromatic nitrogens is 1. The minimum Gasteiger partial charge on any atom is -0.478 e. The molecule has 0 radical (unpaired) electrons. The van der Waals surface area contributed by atoms with Gasteiger partial charge in [0, 0.05) is 16.6 Å². The molecular formula is C12H11NO2. The van der Waals surface area contributed by atoms with Crippen LogP contribution in [0.5, 0.6) is 0 Å². The van der Waals surface area contributed by atoms with Crippen molar-refractivity contribution in [2.45, 2.75) is 18.8 Å². The first-order valence-electron chi connectivity index (χ1n) is 5.11. The molecule has 0 spiro atoms. The Balaban J connectivity index is 2.33. The Bertz CT molecular complexity index is 538. The highest BCUT2D eigenvalue weighted by molar-refractivity contribution is 6.05. The Kier molecular flexibility index (Phi) is 1.63. The Morgan fingerprint density at radius 2 is 2.07 bits per heavy atom. The summed E-state index contributed by atoms with van der Waals surface area (Å²) in [5.41, 5.74) is 2.30. The molecule has 0 amide bonds. The van der Waals surface area contributed by atoms with Crippen molar-refractivity contribution in [2.75, 3.05) is 0 Å². The fraction of sp³-hybridized carbons (Fsp3) is 0.250. The second-order valence-electron chi connectivity index (χ2n) is 4.04. The maximum atomic E-state index is 11.2. The van der Waals surface area contributed by atoms with Gasteiger partial charge in [-0.1, -0.05) is 18.2 Å². The predicted octanol–water partition coefficient (Wildman–Crippen LogP) is 2.74. The molecule has 0 atom stereocenters. The summed E-state index contributed by atoms with van der Waals surface area (Å²) in [5, 5.41) is 10.0. The number of aromatic amines is 1. The summed E-state index contributed by atoms with van der Waals surface area (Å²) in [5.74, 6) is -0.391. The molecule has 1 heterocycles. The van der Waals surface area contributed by atoms with Crippen molar-refractivity contribution in [1.29, 1.82) is 0 Å². The zero-order valence-corrected chi connectivity index (χ0v) is 8.16. The maximum Gasteiger partial charge on any atom is 0.338 e. The molecule has 0 bridgehead atoms. The molecule has 3 nitrogen and oxygen atoms in total. The van der Waals surface area contributed by atoms with E-state index in [9.17, 15) is 9.90 Å². The number of benzene rings is 1. The molecule has 15 heavy (non-hydrogen) atoms. The van der Waals surface area contributed by atoms with Crippen molar-refractivity contribution < 1.29 is 9.90 Å². The minimum absolute atomic E-state index is 0.434. The first kappa shape index (κ1) is 8.53. The van der Waals surface area contributed by atoms with Crippen LogP contribution in [0.25, 0.3) is 10.9 Å². The van der Waals surface area contributed by atoms with E-state index in [2.05, 4.69) is 4.98 Å². The van der Waals surface area contributed by atoms with Gasteiger partial charge < -0.3 is 10.1 Å². The number of hydrogen-bond acceptors (Lipinski definition) is 1. The molecule has 1 aromatic carbocycles. The molecule has 2 aromatic rings. The van der Waals surface area contributed by atoms with E-state index >= 15 is 0 Å². The molecule has 1 saturated carbocycles. The zero-order valence-electron chi connectivity index (χ0n) is 8.16. The highest BCUT2D eigenvalue weighted by atomic mass is 16.4. The average molecular weight is 201 g/mol. The number of hydrogen-bond donors (Lipinski definition) is 2. The number of carboxylic acids is 1. The largest absolute Gasteiger partial charge is 0.478 e. The van der Waals surface area contributed by atoms with E-state index in [4.69, 9.17) is 0 Å². The molecule has 76 valence electrons. The van der Waals surface area contributed by atoms with Gasteiger partial charge in [-0.2, -0.15) is 0 Å². The summed E-state index contributed by atoms with van der Waals surface area (Å²) < 4.78 is 0. The van der Waals surface area contributed by atoms with Gasteiger partial charge in [-0.05, 0) is 24.8 Å². The molecule has 2 N–H and O–H groups in total. The van der Waals surface area contributed by atoms with Gasteiger partial charge in [-0.15, -0.1) is 0 Å². The lowest BCUT2D eigenvalue weighted by Gasteiger charge is -1.96. The number of carbonyl (C=O) groups is 1. The minimum atomic E-state index is -0.825. The second kappa shape index (κ2) is 2.86. The van der Waals surface area contributed by atoms with E-state index < -0.39 is 5.97 Å². The molecule has 0 aliphatic heterocycles. The van der Waals surface area contributed by atoms with E-state index in [1.54, 1.807) is 0 Å². The number of carboxylic acid groups (broad SMARTS) is 1. The zero-order chi connectivity index (χ0) is 10.4. The normalized spacial score (nSPS) is 15.7. The highest BCUT2D eigenvalue weighted by Crippen LogP contribution is 2.43. The molecule has 0 unspecified atom stereocenters. The topological polar surface area (TPSA) is 53.1 Å². The van der Waals surface area contributed by atoms with Crippen molar-refractivity contribution in [3.05, 3.63) is 35.5 Å². The molecule has 3 rings (SSSR count). The standard InChI is InChI=1S/C12H11NO2/c14-12(15)10-8-3-1-2-4-9(8)13-11(10)7-5-6-7/h1-4,7,13H,5-6H2,(H,14,15). The monoisotopic (exact) mass is 201 g/mol. The molecule has 1 aliphatic carbocycles. The van der Waals surface area contributed by atoms with E-state index in [0.717, 1.165) is 29.4 Å². The molecule has 3 heteroatoms. The molecular weight excluding hydrogens is 190 g/mol. The number of H-pyrrole nitrogens is 1. The molecule has 1 fully saturated rings. The van der Waals surface area contributed by atoms with Crippen LogP contribution in [0.15, 0.2) is 24.3 Å². The van der Waals surface area contributed by atoms with Crippen LogP contribution >= 0.6 is 0 Å². The van der Waals surface area contributed by atoms with Crippen molar-refractivity contribution in [3.8, 4) is 0 Å². The fourth-order valence-electron chi connectivity index (χ4n) is 2.07. The Hall–Kier alpha value is -1.77. The van der Waals surface area contributed by atoms with Crippen LogP contribution in [0.2, 0.25) is 0 Å². The first-order chi connectivity index (χ1) is 7.27. The number of nitrogens with one attached hydrogen (secondary N) is 1. The van der Waals surface area contributed by atoms with Gasteiger partial charge in [0.1, 0.15) is 0 Å². The molecule has 0 saturated heterocycles. The van der Waals surface area contributed by atoms with Crippen LogP contribution in [-0.2, 0) is 0 Å². The Morgan fingerprint density at radius 3 is 2.73 bits per heavy atom. The lowest BCUT2D eigenvalue weighted by atomic mass is 10.1. The Morgan fingerprint density at radius 1 is 1.33 bits per heavy atom. The third-order valence-electron chi connectivity index (χ3n) is 2.93. The number of aromatic carboxylic acids is 1. The summed E-state index contributed by atoms with van der Waals surface area (Å²) in [7, 11) is 0. The molecule has 1 aliphatic rings. The van der Waals surface area contributed by atoms with Crippen LogP contribution in [0, 0.1) is 0 Å². The lowest BCUT2D eigenvalue weighted by molar-refractivity contribution is 0.0698. The van der Waals surface area contributed by atoms with Crippen LogP contribution in [0.3, 0.4) is 0 Å². The van der Waals surface area contributed by atoms with Gasteiger partial charge >= 0.3 is 5.97 Å².